The van der Waals surface area contributed by atoms with Crippen molar-refractivity contribution in [2.75, 3.05) is 21.1 Å². The summed E-state index contributed by atoms with van der Waals surface area (Å²) >= 11 is 0. The van der Waals surface area contributed by atoms with Gasteiger partial charge >= 0.3 is 0 Å². The highest BCUT2D eigenvalue weighted by Crippen LogP contribution is 2.28. The highest BCUT2D eigenvalue weighted by molar-refractivity contribution is 5.82. The van der Waals surface area contributed by atoms with E-state index >= 15 is 0 Å². The van der Waals surface area contributed by atoms with Gasteiger partial charge in [0, 0.05) is 13.3 Å². The molecule has 1 unspecified atom stereocenters. The van der Waals surface area contributed by atoms with Crippen molar-refractivity contribution in [3.05, 3.63) is 0 Å². The zero-order chi connectivity index (χ0) is 16.6. The van der Waals surface area contributed by atoms with Crippen molar-refractivity contribution < 1.29 is 4.79 Å². The van der Waals surface area contributed by atoms with Crippen molar-refractivity contribution in [1.82, 2.24) is 4.90 Å². The van der Waals surface area contributed by atoms with E-state index in [9.17, 15) is 4.79 Å². The molecule has 0 aliphatic rings. The summed E-state index contributed by atoms with van der Waals surface area (Å²) in [4.78, 5) is 17.3. The van der Waals surface area contributed by atoms with Gasteiger partial charge in [0.15, 0.2) is 0 Å². The van der Waals surface area contributed by atoms with E-state index in [0.717, 1.165) is 12.8 Å². The first-order chi connectivity index (χ1) is 8.95. The Bertz CT molecular complexity index is 304. The predicted octanol–water partition coefficient (Wildman–Crippen LogP) is 4.07. The van der Waals surface area contributed by atoms with Gasteiger partial charge in [0.25, 0.3) is 0 Å². The number of rotatable bonds is 6. The second-order valence-electron chi connectivity index (χ2n) is 7.05. The maximum absolute atomic E-state index is 11.3. The first kappa shape index (κ1) is 21.6. The molecular weight excluding hydrogens is 248 g/mol. The number of hydrogen-bond donors (Lipinski definition) is 0. The summed E-state index contributed by atoms with van der Waals surface area (Å²) in [5, 5.41) is 0. The minimum absolute atomic E-state index is 0.0440. The van der Waals surface area contributed by atoms with Crippen molar-refractivity contribution in [1.29, 1.82) is 0 Å². The van der Waals surface area contributed by atoms with E-state index in [-0.39, 0.29) is 17.2 Å². The van der Waals surface area contributed by atoms with Crippen LogP contribution < -0.4 is 0 Å². The van der Waals surface area contributed by atoms with E-state index in [1.807, 2.05) is 32.3 Å². The van der Waals surface area contributed by atoms with Gasteiger partial charge in [-0.05, 0) is 44.7 Å². The zero-order valence-electron chi connectivity index (χ0n) is 15.4. The van der Waals surface area contributed by atoms with Crippen LogP contribution in [0.15, 0.2) is 4.99 Å². The molecule has 0 aromatic carbocycles. The molecule has 0 spiro atoms. The second-order valence-corrected chi connectivity index (χ2v) is 7.05. The van der Waals surface area contributed by atoms with Crippen LogP contribution in [-0.4, -0.2) is 44.1 Å². The molecule has 0 N–H and O–H groups in total. The van der Waals surface area contributed by atoms with Crippen LogP contribution in [0.25, 0.3) is 0 Å². The summed E-state index contributed by atoms with van der Waals surface area (Å²) in [5.74, 6) is 0.256. The molecule has 0 aromatic heterocycles. The predicted molar refractivity (Wildman–Crippen MR) is 90.7 cm³/mol. The summed E-state index contributed by atoms with van der Waals surface area (Å²) in [6, 6.07) is 0.0440. The maximum Gasteiger partial charge on any atom is 0.147 e. The van der Waals surface area contributed by atoms with Gasteiger partial charge in [0.05, 0.1) is 6.04 Å². The van der Waals surface area contributed by atoms with Gasteiger partial charge < -0.3 is 4.99 Å². The molecule has 20 heavy (non-hydrogen) atoms. The summed E-state index contributed by atoms with van der Waals surface area (Å²) in [7, 11) is 5.74. The number of Topliss-reactive ketones (excluding diaryl/α,β-unsaturated/α-hetero) is 1. The number of carbonyl (C=O) groups is 1. The molecule has 0 bridgehead atoms. The molecule has 3 nitrogen and oxygen atoms in total. The lowest BCUT2D eigenvalue weighted by Crippen LogP contribution is -2.45. The third-order valence-corrected chi connectivity index (χ3v) is 3.94. The fourth-order valence-electron chi connectivity index (χ4n) is 2.25. The third-order valence-electron chi connectivity index (χ3n) is 3.94. The molecular formula is C17H36N2O. The fourth-order valence-corrected chi connectivity index (χ4v) is 2.25. The Morgan fingerprint density at radius 3 is 1.70 bits per heavy atom. The molecule has 3 heteroatoms. The fraction of sp³-hybridized carbons (Fsp3) is 0.882. The minimum Gasteiger partial charge on any atom is -0.300 e. The first-order valence-corrected chi connectivity index (χ1v) is 7.55. The average molecular weight is 284 g/mol. The zero-order valence-corrected chi connectivity index (χ0v) is 15.4. The molecule has 120 valence electrons. The maximum atomic E-state index is 11.3. The molecule has 0 aliphatic heterocycles. The van der Waals surface area contributed by atoms with Crippen molar-refractivity contribution in [2.45, 2.75) is 67.3 Å². The highest BCUT2D eigenvalue weighted by Gasteiger charge is 2.32. The third kappa shape index (κ3) is 8.47. The monoisotopic (exact) mass is 284 g/mol. The number of ketones is 1. The number of carbonyl (C=O) groups excluding carboxylic acids is 1. The van der Waals surface area contributed by atoms with Gasteiger partial charge in [0.2, 0.25) is 0 Å². The Morgan fingerprint density at radius 2 is 1.60 bits per heavy atom. The Hall–Kier alpha value is -0.700. The van der Waals surface area contributed by atoms with Crippen LogP contribution in [0.5, 0.6) is 0 Å². The van der Waals surface area contributed by atoms with Gasteiger partial charge in [-0.25, -0.2) is 0 Å². The Morgan fingerprint density at radius 1 is 1.15 bits per heavy atom. The van der Waals surface area contributed by atoms with Crippen LogP contribution in [0.1, 0.15) is 61.3 Å². The van der Waals surface area contributed by atoms with Crippen LogP contribution >= 0.6 is 0 Å². The highest BCUT2D eigenvalue weighted by atomic mass is 16.1. The Kier molecular flexibility index (Phi) is 10.0. The van der Waals surface area contributed by atoms with E-state index in [1.54, 1.807) is 6.92 Å². The van der Waals surface area contributed by atoms with Crippen LogP contribution in [0.4, 0.5) is 0 Å². The molecule has 0 aliphatic carbocycles. The first-order valence-electron chi connectivity index (χ1n) is 7.55. The van der Waals surface area contributed by atoms with Crippen LogP contribution in [0.3, 0.4) is 0 Å². The van der Waals surface area contributed by atoms with E-state index in [0.29, 0.717) is 5.41 Å². The Labute approximate surface area is 126 Å². The molecule has 0 heterocycles. The molecule has 0 amide bonds. The molecule has 0 aromatic rings. The van der Waals surface area contributed by atoms with E-state index in [2.05, 4.69) is 46.5 Å². The van der Waals surface area contributed by atoms with Gasteiger partial charge in [-0.3, -0.25) is 9.69 Å². The van der Waals surface area contributed by atoms with E-state index < -0.39 is 0 Å². The average Bonchev–Trinajstić information content (AvgIpc) is 2.28. The van der Waals surface area contributed by atoms with Gasteiger partial charge in [-0.1, -0.05) is 41.5 Å². The number of aliphatic imine (C=N–C) groups is 1. The van der Waals surface area contributed by atoms with Crippen LogP contribution in [-0.2, 0) is 4.79 Å². The largest absolute Gasteiger partial charge is 0.300 e. The lowest BCUT2D eigenvalue weighted by Gasteiger charge is -2.36. The van der Waals surface area contributed by atoms with Crippen molar-refractivity contribution in [3.8, 4) is 0 Å². The van der Waals surface area contributed by atoms with Crippen LogP contribution in [0.2, 0.25) is 0 Å². The number of likely N-dealkylation sites (N-methyl/N-ethyl adjacent to an activating group) is 1. The lowest BCUT2D eigenvalue weighted by molar-refractivity contribution is -0.125. The van der Waals surface area contributed by atoms with Gasteiger partial charge in [-0.2, -0.15) is 0 Å². The topological polar surface area (TPSA) is 32.7 Å². The van der Waals surface area contributed by atoms with Crippen molar-refractivity contribution in [3.63, 3.8) is 0 Å². The number of nitrogens with zero attached hydrogens (tertiary/aromatic N) is 2. The van der Waals surface area contributed by atoms with E-state index in [4.69, 9.17) is 0 Å². The molecule has 0 saturated carbocycles. The second kappa shape index (κ2) is 9.28. The molecule has 0 radical (unpaired) electrons. The SMILES string of the molecule is CCC(C)(C)C(C(C)=O)N(C)C.CCC(C)(C)C=NC. The standard InChI is InChI=1S/C10H21NO.C7H15N/c1-7-10(3,4)9(8(2)12)11(5)6;1-5-7(2,3)6-8-4/h9H,7H2,1-6H3;6H,5H2,1-4H3. The van der Waals surface area contributed by atoms with Crippen LogP contribution in [0, 0.1) is 10.8 Å². The van der Waals surface area contributed by atoms with Gasteiger partial charge in [-0.15, -0.1) is 0 Å². The Balaban J connectivity index is 0. The summed E-state index contributed by atoms with van der Waals surface area (Å²) in [5.41, 5.74) is 0.379. The summed E-state index contributed by atoms with van der Waals surface area (Å²) in [6.45, 7) is 14.6. The summed E-state index contributed by atoms with van der Waals surface area (Å²) in [6.07, 6.45) is 4.17. The minimum atomic E-state index is 0.0440. The van der Waals surface area contributed by atoms with Crippen molar-refractivity contribution in [2.24, 2.45) is 15.8 Å². The lowest BCUT2D eigenvalue weighted by atomic mass is 9.79. The normalized spacial score (nSPS) is 14.2. The number of hydrogen-bond acceptors (Lipinski definition) is 3. The quantitative estimate of drug-likeness (QED) is 0.689. The molecule has 0 rings (SSSR count). The van der Waals surface area contributed by atoms with E-state index in [1.165, 1.54) is 0 Å². The smallest absolute Gasteiger partial charge is 0.147 e. The van der Waals surface area contributed by atoms with Crippen molar-refractivity contribution >= 4 is 12.0 Å². The molecule has 0 saturated heterocycles. The molecule has 1 atom stereocenters. The summed E-state index contributed by atoms with van der Waals surface area (Å²) < 4.78 is 0. The molecule has 0 fully saturated rings. The van der Waals surface area contributed by atoms with Gasteiger partial charge in [0.1, 0.15) is 5.78 Å².